The van der Waals surface area contributed by atoms with Crippen LogP contribution in [0.2, 0.25) is 0 Å². The van der Waals surface area contributed by atoms with Crippen molar-refractivity contribution in [1.82, 2.24) is 39.0 Å². The molecule has 258 valence electrons. The Bertz CT molecular complexity index is 1830. The minimum absolute atomic E-state index is 0. The molecule has 1 aromatic carbocycles. The highest BCUT2D eigenvalue weighted by Gasteiger charge is 2.46. The molecular weight excluding hydrogens is 638 g/mol. The quantitative estimate of drug-likeness (QED) is 0.147. The number of halogens is 2. The van der Waals surface area contributed by atoms with Crippen molar-refractivity contribution in [2.24, 2.45) is 0 Å². The number of aliphatic hydroxyl groups is 4. The van der Waals surface area contributed by atoms with Crippen LogP contribution in [-0.2, 0) is 9.47 Å². The first-order chi connectivity index (χ1) is 22.2. The highest BCUT2D eigenvalue weighted by Crippen LogP contribution is 2.35. The molecule has 0 saturated carbocycles. The average Bonchev–Trinajstić information content (AvgIpc) is 3.83. The van der Waals surface area contributed by atoms with E-state index < -0.39 is 62.4 Å². The number of rotatable bonds is 6. The van der Waals surface area contributed by atoms with Crippen molar-refractivity contribution in [2.75, 3.05) is 24.3 Å². The number of benzene rings is 1. The molecule has 0 aliphatic carbocycles. The topological polar surface area (TPSA) is 242 Å². The summed E-state index contributed by atoms with van der Waals surface area (Å²) in [6.45, 7) is -0.986. The lowest BCUT2D eigenvalue weighted by Gasteiger charge is -2.15. The van der Waals surface area contributed by atoms with Gasteiger partial charge >= 0.3 is 0 Å². The molecule has 2 saturated heterocycles. The second-order valence-corrected chi connectivity index (χ2v) is 10.3. The number of nitrogens with zero attached hydrogens (tertiary/aromatic N) is 8. The molecule has 0 spiro atoms. The van der Waals surface area contributed by atoms with Crippen LogP contribution >= 0.6 is 0 Å². The van der Waals surface area contributed by atoms with Crippen LogP contribution in [0.3, 0.4) is 0 Å². The zero-order valence-electron chi connectivity index (χ0n) is 23.7. The second kappa shape index (κ2) is 15.0. The molecule has 17 nitrogen and oxygen atoms in total. The maximum atomic E-state index is 14.4. The Hall–Kier alpha value is -4.79. The van der Waals surface area contributed by atoms with E-state index in [0.717, 1.165) is 0 Å². The lowest BCUT2D eigenvalue weighted by Crippen LogP contribution is -2.30. The number of carbonyl (C=O) groups excluding carboxylic acids is 1. The molecule has 1 amide bonds. The Morgan fingerprint density at radius 3 is 1.81 bits per heavy atom. The van der Waals surface area contributed by atoms with Crippen LogP contribution < -0.4 is 11.1 Å². The number of anilines is 2. The zero-order valence-corrected chi connectivity index (χ0v) is 23.7. The Labute approximate surface area is 272 Å². The van der Waals surface area contributed by atoms with Gasteiger partial charge in [-0.3, -0.25) is 13.9 Å². The van der Waals surface area contributed by atoms with E-state index in [1.807, 2.05) is 0 Å². The number of imidazole rings is 2. The van der Waals surface area contributed by atoms with E-state index in [0.29, 0.717) is 16.7 Å². The van der Waals surface area contributed by atoms with Crippen molar-refractivity contribution in [3.8, 4) is 0 Å². The van der Waals surface area contributed by atoms with Crippen molar-refractivity contribution in [1.29, 1.82) is 0 Å². The number of alkyl halides is 2. The Kier molecular flexibility index (Phi) is 11.2. The summed E-state index contributed by atoms with van der Waals surface area (Å²) in [7, 11) is 0. The summed E-state index contributed by atoms with van der Waals surface area (Å²) in [6.07, 6.45) is -5.58. The Balaban J connectivity index is 0.000000220. The van der Waals surface area contributed by atoms with Gasteiger partial charge in [-0.2, -0.15) is 0 Å². The van der Waals surface area contributed by atoms with Gasteiger partial charge in [0.2, 0.25) is 0 Å². The van der Waals surface area contributed by atoms with Gasteiger partial charge in [0, 0.05) is 5.56 Å². The van der Waals surface area contributed by atoms with Crippen LogP contribution in [-0.4, -0.2) is 115 Å². The molecule has 7 N–H and O–H groups in total. The monoisotopic (exact) mass is 674 g/mol. The van der Waals surface area contributed by atoms with Gasteiger partial charge in [-0.1, -0.05) is 33.1 Å². The second-order valence-electron chi connectivity index (χ2n) is 10.3. The number of aliphatic hydroxyl groups excluding tert-OH is 4. The molecule has 7 rings (SSSR count). The minimum atomic E-state index is -1.77. The van der Waals surface area contributed by atoms with Gasteiger partial charge in [0.05, 0.1) is 25.9 Å². The first kappa shape index (κ1) is 36.1. The van der Waals surface area contributed by atoms with Gasteiger partial charge in [0.1, 0.15) is 42.6 Å². The molecule has 19 heteroatoms. The standard InChI is InChI=1S/C17H16FN5O4.C10H12FN5O3.2CH4/c18-11-13(25)10(6-24)27-17(11)23-8-21-12-14(19-7-20-15(12)23)22-16(26)9-4-2-1-3-5-9;11-5-7(18)4(1-17)19-10(5)16-3-15-6-8(12)13-2-14-9(6)16;;/h1-5,7-8,10-11,13,17,24-25H,6H2,(H,19,20,22,26);2-5,7,10,17-18H,1H2,(H2,12,13,14);2*1H4/t10-,11-,13-,17-;4-,5-,7-,10-;;/m11../s1. The molecule has 6 heterocycles. The maximum Gasteiger partial charge on any atom is 0.256 e. The maximum absolute atomic E-state index is 14.4. The summed E-state index contributed by atoms with van der Waals surface area (Å²) in [5.41, 5.74) is 7.20. The number of hydrogen-bond donors (Lipinski definition) is 6. The first-order valence-electron chi connectivity index (χ1n) is 13.9. The fourth-order valence-corrected chi connectivity index (χ4v) is 5.11. The third-order valence-corrected chi connectivity index (χ3v) is 7.51. The molecule has 0 unspecified atom stereocenters. The molecule has 2 aliphatic rings. The average molecular weight is 675 g/mol. The summed E-state index contributed by atoms with van der Waals surface area (Å²) < 4.78 is 41.7. The van der Waals surface area contributed by atoms with Gasteiger partial charge in [-0.15, -0.1) is 0 Å². The number of nitrogen functional groups attached to an aromatic ring is 1. The van der Waals surface area contributed by atoms with E-state index in [9.17, 15) is 28.9 Å². The van der Waals surface area contributed by atoms with E-state index >= 15 is 0 Å². The first-order valence-corrected chi connectivity index (χ1v) is 13.9. The third-order valence-electron chi connectivity index (χ3n) is 7.51. The number of carbonyl (C=O) groups is 1. The number of hydrogen-bond acceptors (Lipinski definition) is 14. The van der Waals surface area contributed by atoms with Crippen molar-refractivity contribution < 1.29 is 43.5 Å². The largest absolute Gasteiger partial charge is 0.394 e. The van der Waals surface area contributed by atoms with Gasteiger partial charge in [-0.25, -0.2) is 38.7 Å². The summed E-state index contributed by atoms with van der Waals surface area (Å²) >= 11 is 0. The molecular formula is C29H36F2N10O7. The fourth-order valence-electron chi connectivity index (χ4n) is 5.11. The van der Waals surface area contributed by atoms with E-state index in [4.69, 9.17) is 20.3 Å². The number of aromatic nitrogens is 8. The molecule has 5 aromatic rings. The molecule has 2 aliphatic heterocycles. The number of fused-ring (bicyclic) bond motifs is 2. The van der Waals surface area contributed by atoms with E-state index in [2.05, 4.69) is 35.2 Å². The number of amides is 1. The molecule has 4 aromatic heterocycles. The van der Waals surface area contributed by atoms with Crippen molar-refractivity contribution in [3.05, 3.63) is 61.2 Å². The van der Waals surface area contributed by atoms with E-state index in [1.54, 1.807) is 30.3 Å². The van der Waals surface area contributed by atoms with Crippen LogP contribution in [0.4, 0.5) is 20.4 Å². The molecule has 48 heavy (non-hydrogen) atoms. The smallest absolute Gasteiger partial charge is 0.256 e. The summed E-state index contributed by atoms with van der Waals surface area (Å²) in [5.74, 6) is -0.0296. The lowest BCUT2D eigenvalue weighted by molar-refractivity contribution is -0.0459. The predicted molar refractivity (Wildman–Crippen MR) is 167 cm³/mol. The van der Waals surface area contributed by atoms with Gasteiger partial charge < -0.3 is 41.0 Å². The van der Waals surface area contributed by atoms with Crippen LogP contribution in [0.25, 0.3) is 22.3 Å². The number of nitrogens with one attached hydrogen (secondary N) is 1. The SMILES string of the molecule is C.C.Nc1ncnc2c1ncn2[C@@H]1O[C@H](CO)[C@@H](O)[C@H]1F.O=C(Nc1ncnc2c1ncn2[C@@H]1O[C@H](CO)[C@@H](O)[C@H]1F)c1ccccc1. The zero-order chi connectivity index (χ0) is 32.5. The van der Waals surface area contributed by atoms with Crippen molar-refractivity contribution in [2.45, 2.75) is 64.1 Å². The predicted octanol–water partition coefficient (Wildman–Crippen LogP) is 0.937. The van der Waals surface area contributed by atoms with Crippen LogP contribution in [0.1, 0.15) is 37.7 Å². The van der Waals surface area contributed by atoms with E-state index in [-0.39, 0.29) is 43.6 Å². The highest BCUT2D eigenvalue weighted by atomic mass is 19.1. The normalized spacial score (nSPS) is 26.4. The molecule has 8 atom stereocenters. The van der Waals surface area contributed by atoms with E-state index in [1.165, 1.54) is 34.4 Å². The van der Waals surface area contributed by atoms with Crippen LogP contribution in [0.15, 0.2) is 55.6 Å². The minimum Gasteiger partial charge on any atom is -0.394 e. The van der Waals surface area contributed by atoms with Crippen LogP contribution in [0, 0.1) is 0 Å². The van der Waals surface area contributed by atoms with Crippen LogP contribution in [0.5, 0.6) is 0 Å². The molecule has 0 bridgehead atoms. The van der Waals surface area contributed by atoms with Crippen molar-refractivity contribution in [3.63, 3.8) is 0 Å². The molecule has 2 fully saturated rings. The Morgan fingerprint density at radius 1 is 0.792 bits per heavy atom. The summed E-state index contributed by atoms with van der Waals surface area (Å²) in [6, 6.07) is 8.58. The number of ether oxygens (including phenoxy) is 2. The fraction of sp³-hybridized carbons (Fsp3) is 0.414. The van der Waals surface area contributed by atoms with Crippen molar-refractivity contribution >= 4 is 39.9 Å². The highest BCUT2D eigenvalue weighted by molar-refractivity contribution is 6.06. The Morgan fingerprint density at radius 2 is 1.29 bits per heavy atom. The lowest BCUT2D eigenvalue weighted by atomic mass is 10.1. The van der Waals surface area contributed by atoms with Gasteiger partial charge in [-0.05, 0) is 12.1 Å². The third kappa shape index (κ3) is 6.50. The molecule has 0 radical (unpaired) electrons. The number of nitrogens with two attached hydrogens (primary N) is 1. The van der Waals surface area contributed by atoms with Gasteiger partial charge in [0.25, 0.3) is 5.91 Å². The summed E-state index contributed by atoms with van der Waals surface area (Å²) in [4.78, 5) is 36.4. The van der Waals surface area contributed by atoms with Gasteiger partial charge in [0.15, 0.2) is 53.2 Å². The summed E-state index contributed by atoms with van der Waals surface area (Å²) in [5, 5.41) is 40.3.